The van der Waals surface area contributed by atoms with Crippen LogP contribution in [0.1, 0.15) is 69.2 Å². The molecule has 2 N–H and O–H groups in total. The number of hydrogen-bond donors (Lipinski definition) is 1. The summed E-state index contributed by atoms with van der Waals surface area (Å²) in [5.74, 6) is 0.179. The Hall–Kier alpha value is -1.51. The number of nitrogens with two attached hydrogens (primary N) is 1. The quantitative estimate of drug-likeness (QED) is 0.648. The van der Waals surface area contributed by atoms with Gasteiger partial charge in [-0.3, -0.25) is 4.79 Å². The molecule has 0 saturated heterocycles. The molecule has 0 aromatic heterocycles. The monoisotopic (exact) mass is 277 g/mol. The maximum Gasteiger partial charge on any atom is 0.252 e. The van der Waals surface area contributed by atoms with Crippen molar-refractivity contribution in [1.82, 2.24) is 0 Å². The summed E-state index contributed by atoms with van der Waals surface area (Å²) in [4.78, 5) is 11.4. The molecule has 0 aliphatic heterocycles. The zero-order chi connectivity index (χ0) is 14.8. The first-order valence-corrected chi connectivity index (χ1v) is 7.74. The number of amides is 1. The van der Waals surface area contributed by atoms with Gasteiger partial charge in [-0.25, -0.2) is 0 Å². The van der Waals surface area contributed by atoms with E-state index in [9.17, 15) is 4.79 Å². The molecule has 0 radical (unpaired) electrons. The number of hydrogen-bond acceptors (Lipinski definition) is 2. The molecule has 0 spiro atoms. The van der Waals surface area contributed by atoms with Gasteiger partial charge < -0.3 is 10.5 Å². The lowest BCUT2D eigenvalue weighted by Gasteiger charge is -2.19. The van der Waals surface area contributed by atoms with E-state index in [0.717, 1.165) is 12.8 Å². The van der Waals surface area contributed by atoms with Crippen LogP contribution in [0.3, 0.4) is 0 Å². The normalized spacial score (nSPS) is 12.1. The van der Waals surface area contributed by atoms with Crippen LogP contribution in [0.25, 0.3) is 0 Å². The first-order valence-electron chi connectivity index (χ1n) is 7.74. The van der Waals surface area contributed by atoms with Gasteiger partial charge in [-0.05, 0) is 31.4 Å². The zero-order valence-electron chi connectivity index (χ0n) is 12.7. The predicted molar refractivity (Wildman–Crippen MR) is 83.0 cm³/mol. The third kappa shape index (κ3) is 5.64. The molecule has 1 amide bonds. The van der Waals surface area contributed by atoms with Crippen LogP contribution in [0.4, 0.5) is 0 Å². The van der Waals surface area contributed by atoms with Gasteiger partial charge in [0, 0.05) is 0 Å². The van der Waals surface area contributed by atoms with E-state index in [4.69, 9.17) is 10.5 Å². The van der Waals surface area contributed by atoms with E-state index in [1.54, 1.807) is 12.1 Å². The molecule has 0 fully saturated rings. The fourth-order valence-corrected chi connectivity index (χ4v) is 2.27. The number of primary amides is 1. The SMILES string of the molecule is CCCCCCCC(CC)Oc1ccccc1C(N)=O. The second kappa shape index (κ2) is 9.40. The van der Waals surface area contributed by atoms with Crippen molar-refractivity contribution in [2.45, 2.75) is 64.9 Å². The van der Waals surface area contributed by atoms with Crippen LogP contribution in [0.2, 0.25) is 0 Å². The van der Waals surface area contributed by atoms with Crippen molar-refractivity contribution >= 4 is 5.91 Å². The fraction of sp³-hybridized carbons (Fsp3) is 0.588. The summed E-state index contributed by atoms with van der Waals surface area (Å²) >= 11 is 0. The van der Waals surface area contributed by atoms with Crippen molar-refractivity contribution in [3.63, 3.8) is 0 Å². The van der Waals surface area contributed by atoms with Crippen molar-refractivity contribution in [3.05, 3.63) is 29.8 Å². The lowest BCUT2D eigenvalue weighted by Crippen LogP contribution is -2.19. The Labute approximate surface area is 122 Å². The highest BCUT2D eigenvalue weighted by Gasteiger charge is 2.13. The molecule has 3 nitrogen and oxygen atoms in total. The van der Waals surface area contributed by atoms with E-state index >= 15 is 0 Å². The summed E-state index contributed by atoms with van der Waals surface area (Å²) < 4.78 is 5.96. The standard InChI is InChI=1S/C17H27NO2/c1-3-5-6-7-8-11-14(4-2)20-16-13-10-9-12-15(16)17(18)19/h9-10,12-14H,3-8,11H2,1-2H3,(H2,18,19). The van der Waals surface area contributed by atoms with Gasteiger partial charge in [-0.15, -0.1) is 0 Å². The highest BCUT2D eigenvalue weighted by atomic mass is 16.5. The van der Waals surface area contributed by atoms with E-state index in [1.165, 1.54) is 32.1 Å². The molecule has 1 rings (SSSR count). The van der Waals surface area contributed by atoms with E-state index < -0.39 is 5.91 Å². The van der Waals surface area contributed by atoms with E-state index in [2.05, 4.69) is 13.8 Å². The predicted octanol–water partition coefficient (Wildman–Crippen LogP) is 4.30. The Balaban J connectivity index is 2.49. The molecule has 112 valence electrons. The third-order valence-corrected chi connectivity index (χ3v) is 3.53. The van der Waals surface area contributed by atoms with E-state index in [-0.39, 0.29) is 6.10 Å². The minimum atomic E-state index is -0.432. The second-order valence-electron chi connectivity index (χ2n) is 5.21. The van der Waals surface area contributed by atoms with Crippen LogP contribution < -0.4 is 10.5 Å². The smallest absolute Gasteiger partial charge is 0.252 e. The van der Waals surface area contributed by atoms with Crippen LogP contribution >= 0.6 is 0 Å². The summed E-state index contributed by atoms with van der Waals surface area (Å²) in [6.45, 7) is 4.34. The zero-order valence-corrected chi connectivity index (χ0v) is 12.7. The number of carbonyl (C=O) groups is 1. The average molecular weight is 277 g/mol. The molecule has 0 bridgehead atoms. The van der Waals surface area contributed by atoms with Crippen LogP contribution in [-0.2, 0) is 0 Å². The summed E-state index contributed by atoms with van der Waals surface area (Å²) in [6, 6.07) is 7.21. The van der Waals surface area contributed by atoms with Crippen molar-refractivity contribution in [3.8, 4) is 5.75 Å². The summed E-state index contributed by atoms with van der Waals surface area (Å²) in [7, 11) is 0. The lowest BCUT2D eigenvalue weighted by atomic mass is 10.1. The Morgan fingerprint density at radius 2 is 1.85 bits per heavy atom. The van der Waals surface area contributed by atoms with Crippen LogP contribution in [-0.4, -0.2) is 12.0 Å². The molecule has 1 aromatic carbocycles. The minimum Gasteiger partial charge on any atom is -0.490 e. The summed E-state index contributed by atoms with van der Waals surface area (Å²) in [6.07, 6.45) is 8.45. The van der Waals surface area contributed by atoms with Crippen molar-refractivity contribution in [1.29, 1.82) is 0 Å². The molecule has 20 heavy (non-hydrogen) atoms. The van der Waals surface area contributed by atoms with Gasteiger partial charge in [-0.2, -0.15) is 0 Å². The van der Waals surface area contributed by atoms with Crippen LogP contribution in [0.5, 0.6) is 5.75 Å². The maximum atomic E-state index is 11.4. The summed E-state index contributed by atoms with van der Waals surface area (Å²) in [5, 5.41) is 0. The first-order chi connectivity index (χ1) is 9.69. The molecule has 1 aromatic rings. The summed E-state index contributed by atoms with van der Waals surface area (Å²) in [5.41, 5.74) is 5.84. The Morgan fingerprint density at radius 1 is 1.15 bits per heavy atom. The van der Waals surface area contributed by atoms with Gasteiger partial charge in [0.05, 0.1) is 11.7 Å². The molecular formula is C17H27NO2. The number of rotatable bonds is 10. The Bertz CT molecular complexity index is 404. The van der Waals surface area contributed by atoms with Crippen molar-refractivity contribution in [2.24, 2.45) is 5.73 Å². The highest BCUT2D eigenvalue weighted by molar-refractivity contribution is 5.95. The molecule has 1 unspecified atom stereocenters. The molecule has 0 aliphatic rings. The first kappa shape index (κ1) is 16.5. The largest absolute Gasteiger partial charge is 0.490 e. The fourth-order valence-electron chi connectivity index (χ4n) is 2.27. The number of benzene rings is 1. The average Bonchev–Trinajstić information content (AvgIpc) is 2.46. The van der Waals surface area contributed by atoms with Crippen LogP contribution in [0.15, 0.2) is 24.3 Å². The minimum absolute atomic E-state index is 0.164. The maximum absolute atomic E-state index is 11.4. The van der Waals surface area contributed by atoms with Gasteiger partial charge in [0.15, 0.2) is 0 Å². The third-order valence-electron chi connectivity index (χ3n) is 3.53. The second-order valence-corrected chi connectivity index (χ2v) is 5.21. The van der Waals surface area contributed by atoms with Gasteiger partial charge in [-0.1, -0.05) is 51.7 Å². The Kier molecular flexibility index (Phi) is 7.78. The molecular weight excluding hydrogens is 250 g/mol. The van der Waals surface area contributed by atoms with E-state index in [0.29, 0.717) is 11.3 Å². The van der Waals surface area contributed by atoms with Crippen molar-refractivity contribution < 1.29 is 9.53 Å². The van der Waals surface area contributed by atoms with Crippen molar-refractivity contribution in [2.75, 3.05) is 0 Å². The van der Waals surface area contributed by atoms with Gasteiger partial charge in [0.25, 0.3) is 5.91 Å². The molecule has 0 saturated carbocycles. The topological polar surface area (TPSA) is 52.3 Å². The van der Waals surface area contributed by atoms with Gasteiger partial charge in [0.1, 0.15) is 5.75 Å². The molecule has 3 heteroatoms. The molecule has 0 heterocycles. The molecule has 1 atom stereocenters. The number of unbranched alkanes of at least 4 members (excludes halogenated alkanes) is 4. The van der Waals surface area contributed by atoms with Gasteiger partial charge >= 0.3 is 0 Å². The van der Waals surface area contributed by atoms with E-state index in [1.807, 2.05) is 12.1 Å². The highest BCUT2D eigenvalue weighted by Crippen LogP contribution is 2.21. The number of para-hydroxylation sites is 1. The Morgan fingerprint density at radius 3 is 2.50 bits per heavy atom. The number of ether oxygens (including phenoxy) is 1. The van der Waals surface area contributed by atoms with Gasteiger partial charge in [0.2, 0.25) is 0 Å². The lowest BCUT2D eigenvalue weighted by molar-refractivity contribution is 0.0991. The van der Waals surface area contributed by atoms with Crippen LogP contribution in [0, 0.1) is 0 Å². The number of carbonyl (C=O) groups excluding carboxylic acids is 1. The molecule has 0 aliphatic carbocycles.